The smallest absolute Gasteiger partial charge is 0.282 e. The Hall–Kier alpha value is -3.56. The van der Waals surface area contributed by atoms with E-state index in [2.05, 4.69) is 20.8 Å². The molecule has 4 rings (SSSR count). The van der Waals surface area contributed by atoms with Crippen molar-refractivity contribution >= 4 is 23.2 Å². The molecular formula is C21H22F2N6O2. The minimum absolute atomic E-state index is 0.0650. The van der Waals surface area contributed by atoms with Crippen molar-refractivity contribution in [1.82, 2.24) is 19.6 Å². The summed E-state index contributed by atoms with van der Waals surface area (Å²) in [4.78, 5) is 25.4. The zero-order valence-electron chi connectivity index (χ0n) is 16.9. The normalized spacial score (nSPS) is 13.4. The first-order valence-corrected chi connectivity index (χ1v) is 10.0. The van der Waals surface area contributed by atoms with Crippen LogP contribution in [0.15, 0.2) is 42.6 Å². The zero-order valence-corrected chi connectivity index (χ0v) is 16.9. The van der Waals surface area contributed by atoms with Gasteiger partial charge in [-0.1, -0.05) is 18.2 Å². The summed E-state index contributed by atoms with van der Waals surface area (Å²) in [5.41, 5.74) is 1.21. The molecule has 0 saturated heterocycles. The molecule has 8 nitrogen and oxygen atoms in total. The fraction of sp³-hybridized carbons (Fsp3) is 0.333. The molecule has 0 unspecified atom stereocenters. The number of benzene rings is 1. The van der Waals surface area contributed by atoms with Crippen molar-refractivity contribution < 1.29 is 18.4 Å². The van der Waals surface area contributed by atoms with E-state index in [0.29, 0.717) is 17.9 Å². The molecule has 0 atom stereocenters. The second-order valence-corrected chi connectivity index (χ2v) is 7.34. The second-order valence-electron chi connectivity index (χ2n) is 7.34. The van der Waals surface area contributed by atoms with Crippen LogP contribution in [0.1, 0.15) is 54.0 Å². The van der Waals surface area contributed by atoms with Gasteiger partial charge in [0, 0.05) is 30.0 Å². The highest BCUT2D eigenvalue weighted by Crippen LogP contribution is 2.41. The maximum Gasteiger partial charge on any atom is 0.282 e. The Morgan fingerprint density at radius 3 is 2.55 bits per heavy atom. The van der Waals surface area contributed by atoms with Gasteiger partial charge in [-0.05, 0) is 38.0 Å². The molecule has 1 aliphatic rings. The number of amides is 2. The molecular weight excluding hydrogens is 406 g/mol. The Balaban J connectivity index is 1.51. The Labute approximate surface area is 177 Å². The minimum Gasteiger partial charge on any atom is -0.321 e. The van der Waals surface area contributed by atoms with Crippen molar-refractivity contribution in [1.29, 1.82) is 0 Å². The number of anilines is 2. The average molecular weight is 428 g/mol. The predicted octanol–water partition coefficient (Wildman–Crippen LogP) is 3.81. The number of hydrogen-bond acceptors (Lipinski definition) is 4. The molecule has 2 amide bonds. The van der Waals surface area contributed by atoms with Crippen molar-refractivity contribution in [3.63, 3.8) is 0 Å². The monoisotopic (exact) mass is 428 g/mol. The standard InChI is InChI=1S/C21H22F2N6O2/c1-2-28-11-16(19(27-28)21(31)24-14-6-4-3-5-7-14)25-18(30)12-29-17(13-8-9-13)10-15(26-29)20(22)23/h3-7,10-11,13,20H,2,8-9,12H2,1H3,(H,24,31)(H,25,30). The number of nitrogens with zero attached hydrogens (tertiary/aromatic N) is 4. The van der Waals surface area contributed by atoms with E-state index in [1.807, 2.05) is 13.0 Å². The molecule has 1 aromatic carbocycles. The van der Waals surface area contributed by atoms with Gasteiger partial charge in [-0.25, -0.2) is 8.78 Å². The lowest BCUT2D eigenvalue weighted by atomic mass is 10.2. The molecule has 0 aliphatic heterocycles. The number of halogens is 2. The second kappa shape index (κ2) is 8.66. The molecule has 3 aromatic rings. The van der Waals surface area contributed by atoms with Gasteiger partial charge in [0.15, 0.2) is 5.69 Å². The number of carbonyl (C=O) groups is 2. The molecule has 10 heteroatoms. The van der Waals surface area contributed by atoms with Crippen molar-refractivity contribution in [3.05, 3.63) is 59.7 Å². The highest BCUT2D eigenvalue weighted by molar-refractivity contribution is 6.08. The third kappa shape index (κ3) is 4.79. The molecule has 0 spiro atoms. The van der Waals surface area contributed by atoms with Crippen LogP contribution < -0.4 is 10.6 Å². The van der Waals surface area contributed by atoms with E-state index in [0.717, 1.165) is 12.8 Å². The van der Waals surface area contributed by atoms with E-state index in [4.69, 9.17) is 0 Å². The molecule has 162 valence electrons. The summed E-state index contributed by atoms with van der Waals surface area (Å²) in [5.74, 6) is -0.787. The molecule has 0 radical (unpaired) electrons. The van der Waals surface area contributed by atoms with Crippen LogP contribution in [-0.2, 0) is 17.9 Å². The number of alkyl halides is 2. The maximum absolute atomic E-state index is 13.1. The lowest BCUT2D eigenvalue weighted by Gasteiger charge is -2.08. The van der Waals surface area contributed by atoms with Crippen LogP contribution >= 0.6 is 0 Å². The van der Waals surface area contributed by atoms with Gasteiger partial charge in [-0.15, -0.1) is 0 Å². The summed E-state index contributed by atoms with van der Waals surface area (Å²) in [7, 11) is 0. The Kier molecular flexibility index (Phi) is 5.79. The summed E-state index contributed by atoms with van der Waals surface area (Å²) in [6.45, 7) is 2.13. The molecule has 1 fully saturated rings. The maximum atomic E-state index is 13.1. The van der Waals surface area contributed by atoms with Gasteiger partial charge < -0.3 is 10.6 Å². The van der Waals surface area contributed by atoms with Gasteiger partial charge >= 0.3 is 0 Å². The van der Waals surface area contributed by atoms with Crippen molar-refractivity contribution in [3.8, 4) is 0 Å². The van der Waals surface area contributed by atoms with E-state index in [9.17, 15) is 18.4 Å². The summed E-state index contributed by atoms with van der Waals surface area (Å²) >= 11 is 0. The van der Waals surface area contributed by atoms with Crippen LogP contribution in [0.2, 0.25) is 0 Å². The molecule has 0 bridgehead atoms. The van der Waals surface area contributed by atoms with E-state index in [1.54, 1.807) is 30.5 Å². The first-order chi connectivity index (χ1) is 14.9. The number of rotatable bonds is 8. The van der Waals surface area contributed by atoms with Crippen molar-refractivity contribution in [2.75, 3.05) is 10.6 Å². The number of nitrogens with one attached hydrogen (secondary N) is 2. The molecule has 31 heavy (non-hydrogen) atoms. The van der Waals surface area contributed by atoms with Crippen LogP contribution in [0, 0.1) is 0 Å². The van der Waals surface area contributed by atoms with Crippen LogP contribution in [0.5, 0.6) is 0 Å². The van der Waals surface area contributed by atoms with Gasteiger partial charge in [0.2, 0.25) is 5.91 Å². The van der Waals surface area contributed by atoms with Gasteiger partial charge in [0.25, 0.3) is 12.3 Å². The summed E-state index contributed by atoms with van der Waals surface area (Å²) in [5, 5.41) is 13.5. The first kappa shape index (κ1) is 20.7. The predicted molar refractivity (Wildman–Crippen MR) is 110 cm³/mol. The topological polar surface area (TPSA) is 93.8 Å². The molecule has 2 aromatic heterocycles. The van der Waals surface area contributed by atoms with Crippen LogP contribution in [0.3, 0.4) is 0 Å². The van der Waals surface area contributed by atoms with Gasteiger partial charge in [0.1, 0.15) is 12.2 Å². The molecule has 1 saturated carbocycles. The number of para-hydroxylation sites is 1. The SMILES string of the molecule is CCn1cc(NC(=O)Cn2nc(C(F)F)cc2C2CC2)c(C(=O)Nc2ccccc2)n1. The van der Waals surface area contributed by atoms with E-state index < -0.39 is 18.2 Å². The highest BCUT2D eigenvalue weighted by atomic mass is 19.3. The Bertz CT molecular complexity index is 1090. The highest BCUT2D eigenvalue weighted by Gasteiger charge is 2.30. The Morgan fingerprint density at radius 2 is 1.90 bits per heavy atom. The van der Waals surface area contributed by atoms with E-state index in [1.165, 1.54) is 15.4 Å². The quantitative estimate of drug-likeness (QED) is 0.571. The fourth-order valence-corrected chi connectivity index (χ4v) is 3.27. The number of aryl methyl sites for hydroxylation is 1. The number of hydrogen-bond donors (Lipinski definition) is 2. The van der Waals surface area contributed by atoms with Crippen LogP contribution in [0.4, 0.5) is 20.2 Å². The lowest BCUT2D eigenvalue weighted by Crippen LogP contribution is -2.22. The third-order valence-corrected chi connectivity index (χ3v) is 4.95. The van der Waals surface area contributed by atoms with Gasteiger partial charge in [-0.2, -0.15) is 10.2 Å². The molecule has 1 aliphatic carbocycles. The molecule has 2 heterocycles. The number of aromatic nitrogens is 4. The largest absolute Gasteiger partial charge is 0.321 e. The summed E-state index contributed by atoms with van der Waals surface area (Å²) in [6, 6.07) is 10.3. The third-order valence-electron chi connectivity index (χ3n) is 4.95. The first-order valence-electron chi connectivity index (χ1n) is 10.0. The number of carbonyl (C=O) groups excluding carboxylic acids is 2. The van der Waals surface area contributed by atoms with Crippen molar-refractivity contribution in [2.45, 2.75) is 45.2 Å². The average Bonchev–Trinajstić information content (AvgIpc) is 3.37. The van der Waals surface area contributed by atoms with Crippen LogP contribution in [-0.4, -0.2) is 31.4 Å². The summed E-state index contributed by atoms with van der Waals surface area (Å²) in [6.07, 6.45) is 0.650. The summed E-state index contributed by atoms with van der Waals surface area (Å²) < 4.78 is 29.0. The molecule has 2 N–H and O–H groups in total. The van der Waals surface area contributed by atoms with Gasteiger partial charge in [0.05, 0.1) is 5.69 Å². The van der Waals surface area contributed by atoms with Crippen LogP contribution in [0.25, 0.3) is 0 Å². The zero-order chi connectivity index (χ0) is 22.0. The Morgan fingerprint density at radius 1 is 1.16 bits per heavy atom. The fourth-order valence-electron chi connectivity index (χ4n) is 3.27. The van der Waals surface area contributed by atoms with Crippen molar-refractivity contribution in [2.24, 2.45) is 0 Å². The van der Waals surface area contributed by atoms with Gasteiger partial charge in [-0.3, -0.25) is 19.0 Å². The lowest BCUT2D eigenvalue weighted by molar-refractivity contribution is -0.117. The van der Waals surface area contributed by atoms with E-state index >= 15 is 0 Å². The van der Waals surface area contributed by atoms with E-state index in [-0.39, 0.29) is 29.5 Å². The minimum atomic E-state index is -2.70.